The number of hydrogen-bond acceptors (Lipinski definition) is 19. The van der Waals surface area contributed by atoms with Gasteiger partial charge in [-0.15, -0.1) is 0 Å². The Hall–Kier alpha value is -4.70. The van der Waals surface area contributed by atoms with Crippen molar-refractivity contribution in [2.75, 3.05) is 41.7 Å². The quantitative estimate of drug-likeness (QED) is 0.0811. The van der Waals surface area contributed by atoms with Crippen LogP contribution in [-0.2, 0) is 33.3 Å². The second-order valence-electron chi connectivity index (χ2n) is 11.6. The van der Waals surface area contributed by atoms with Crippen LogP contribution in [0.3, 0.4) is 0 Å². The van der Waals surface area contributed by atoms with Gasteiger partial charge in [-0.3, -0.25) is 0 Å². The Morgan fingerprint density at radius 2 is 1.06 bits per heavy atom. The molecule has 2 heterocycles. The maximum Gasteiger partial charge on any atom is 0.333 e. The molecular formula is C34H42O19. The van der Waals surface area contributed by atoms with Gasteiger partial charge in [-0.05, 0) is 47.5 Å². The molecule has 4 rings (SSSR count). The predicted molar refractivity (Wildman–Crippen MR) is 177 cm³/mol. The molecule has 2 aromatic carbocycles. The molecule has 53 heavy (non-hydrogen) atoms. The fourth-order valence-corrected chi connectivity index (χ4v) is 5.35. The lowest BCUT2D eigenvalue weighted by Crippen LogP contribution is -2.62. The number of hydrogen-bond donors (Lipinski definition) is 8. The van der Waals surface area contributed by atoms with Crippen molar-refractivity contribution in [3.63, 3.8) is 0 Å². The Balaban J connectivity index is 1.54. The van der Waals surface area contributed by atoms with Crippen LogP contribution in [0.25, 0.3) is 12.2 Å². The molecule has 2 fully saturated rings. The molecule has 0 aliphatic carbocycles. The van der Waals surface area contributed by atoms with E-state index in [1.54, 1.807) is 0 Å². The van der Waals surface area contributed by atoms with Crippen LogP contribution in [0.4, 0.5) is 0 Å². The number of carbonyl (C=O) groups excluding carboxylic acids is 2. The first-order valence-corrected chi connectivity index (χ1v) is 15.9. The van der Waals surface area contributed by atoms with Crippen LogP contribution < -0.4 is 18.9 Å². The number of aliphatic hydroxyl groups excluding tert-OH is 6. The first-order valence-electron chi connectivity index (χ1n) is 15.9. The number of rotatable bonds is 14. The normalized spacial score (nSPS) is 28.8. The summed E-state index contributed by atoms with van der Waals surface area (Å²) in [4.78, 5) is 25.8. The largest absolute Gasteiger partial charge is 0.502 e. The number of aromatic hydroxyl groups is 2. The molecule has 19 heteroatoms. The van der Waals surface area contributed by atoms with Crippen LogP contribution in [-0.4, -0.2) is 156 Å². The van der Waals surface area contributed by atoms with E-state index in [1.807, 2.05) is 0 Å². The number of methoxy groups -OCH3 is 4. The topological polar surface area (TPSA) is 279 Å². The summed E-state index contributed by atoms with van der Waals surface area (Å²) in [5.41, 5.74) is 0.675. The number of carbonyl (C=O) groups is 2. The average Bonchev–Trinajstić information content (AvgIpc) is 3.15. The van der Waals surface area contributed by atoms with Gasteiger partial charge in [-0.1, -0.05) is 0 Å². The van der Waals surface area contributed by atoms with E-state index in [0.717, 1.165) is 12.2 Å². The molecule has 0 radical (unpaired) electrons. The molecular weight excluding hydrogens is 712 g/mol. The third kappa shape index (κ3) is 9.65. The molecule has 2 aliphatic rings. The molecule has 2 aromatic rings. The summed E-state index contributed by atoms with van der Waals surface area (Å²) in [5, 5.41) is 82.5. The second-order valence-corrected chi connectivity index (χ2v) is 11.6. The standard InChI is InChI=1S/C34H42O19/c1-45-17-9-15(10-18(46-2)25(17)38)5-7-23(36)52-32-22(14-49-33-30(43)28(41)27(40)21(13-35)50-33)51-34(31(44)29(32)42)53-24(37)8-6-16-11-19(47-3)26(39)20(12-16)48-4/h5-12,21-22,27-35,38-44H,13-14H2,1-4H3. The molecule has 0 amide bonds. The minimum Gasteiger partial charge on any atom is -0.502 e. The zero-order valence-corrected chi connectivity index (χ0v) is 28.9. The molecule has 0 aromatic heterocycles. The van der Waals surface area contributed by atoms with E-state index < -0.39 is 86.6 Å². The number of aliphatic hydroxyl groups is 6. The number of ether oxygens (including phenoxy) is 9. The van der Waals surface area contributed by atoms with Crippen molar-refractivity contribution in [3.05, 3.63) is 47.5 Å². The highest BCUT2D eigenvalue weighted by Crippen LogP contribution is 2.38. The van der Waals surface area contributed by atoms with Gasteiger partial charge >= 0.3 is 11.9 Å². The van der Waals surface area contributed by atoms with Gasteiger partial charge in [0.2, 0.25) is 17.8 Å². The summed E-state index contributed by atoms with van der Waals surface area (Å²) < 4.78 is 47.7. The van der Waals surface area contributed by atoms with Crippen LogP contribution in [0, 0.1) is 0 Å². The summed E-state index contributed by atoms with van der Waals surface area (Å²) in [6, 6.07) is 5.57. The molecule has 0 bridgehead atoms. The fraction of sp³-hybridized carbons (Fsp3) is 0.471. The SMILES string of the molecule is COc1cc(C=CC(=O)OC2OC(COC3OC(CO)C(O)C(O)C3O)C(OC(=O)C=Cc3cc(OC)c(O)c(OC)c3)C(O)C2O)cc(OC)c1O. The Kier molecular flexibility index (Phi) is 14.2. The number of phenolic OH excluding ortho intramolecular Hbond substituents is 2. The van der Waals surface area contributed by atoms with Crippen molar-refractivity contribution in [2.45, 2.75) is 61.4 Å². The maximum absolute atomic E-state index is 13.0. The number of benzene rings is 2. The smallest absolute Gasteiger partial charge is 0.333 e. The Labute approximate surface area is 302 Å². The van der Waals surface area contributed by atoms with Crippen LogP contribution in [0.15, 0.2) is 36.4 Å². The Morgan fingerprint density at radius 1 is 0.623 bits per heavy atom. The van der Waals surface area contributed by atoms with Gasteiger partial charge < -0.3 is 83.5 Å². The van der Waals surface area contributed by atoms with Gasteiger partial charge in [-0.25, -0.2) is 9.59 Å². The fourth-order valence-electron chi connectivity index (χ4n) is 5.35. The summed E-state index contributed by atoms with van der Waals surface area (Å²) in [7, 11) is 5.24. The highest BCUT2D eigenvalue weighted by molar-refractivity contribution is 5.88. The molecule has 0 spiro atoms. The molecule has 2 saturated heterocycles. The first-order chi connectivity index (χ1) is 25.3. The molecule has 2 aliphatic heterocycles. The second kappa shape index (κ2) is 18.4. The lowest BCUT2D eigenvalue weighted by Gasteiger charge is -2.43. The van der Waals surface area contributed by atoms with Crippen LogP contribution in [0.1, 0.15) is 11.1 Å². The van der Waals surface area contributed by atoms with Gasteiger partial charge in [0.25, 0.3) is 0 Å². The third-order valence-electron chi connectivity index (χ3n) is 8.23. The van der Waals surface area contributed by atoms with E-state index in [9.17, 15) is 50.4 Å². The van der Waals surface area contributed by atoms with Crippen molar-refractivity contribution in [1.82, 2.24) is 0 Å². The monoisotopic (exact) mass is 754 g/mol. The van der Waals surface area contributed by atoms with E-state index in [2.05, 4.69) is 0 Å². The summed E-state index contributed by atoms with van der Waals surface area (Å²) in [6.45, 7) is -1.45. The number of esters is 2. The summed E-state index contributed by atoms with van der Waals surface area (Å²) >= 11 is 0. The highest BCUT2D eigenvalue weighted by Gasteiger charge is 2.50. The zero-order valence-electron chi connectivity index (χ0n) is 28.9. The van der Waals surface area contributed by atoms with Crippen molar-refractivity contribution in [2.24, 2.45) is 0 Å². The van der Waals surface area contributed by atoms with Crippen molar-refractivity contribution in [3.8, 4) is 34.5 Å². The maximum atomic E-state index is 13.0. The van der Waals surface area contributed by atoms with Crippen molar-refractivity contribution >= 4 is 24.1 Å². The molecule has 0 saturated carbocycles. The molecule has 10 unspecified atom stereocenters. The van der Waals surface area contributed by atoms with Gasteiger partial charge in [0.15, 0.2) is 35.4 Å². The molecule has 8 N–H and O–H groups in total. The summed E-state index contributed by atoms with van der Waals surface area (Å²) in [5.74, 6) is -2.50. The molecule has 10 atom stereocenters. The lowest BCUT2D eigenvalue weighted by atomic mass is 9.98. The summed E-state index contributed by atoms with van der Waals surface area (Å²) in [6.07, 6.45) is -13.0. The van der Waals surface area contributed by atoms with Crippen LogP contribution >= 0.6 is 0 Å². The molecule has 292 valence electrons. The first kappa shape index (κ1) is 41.1. The van der Waals surface area contributed by atoms with Gasteiger partial charge in [-0.2, -0.15) is 0 Å². The minimum absolute atomic E-state index is 0.0416. The number of phenols is 2. The van der Waals surface area contributed by atoms with E-state index in [1.165, 1.54) is 64.9 Å². The van der Waals surface area contributed by atoms with Gasteiger partial charge in [0.1, 0.15) is 42.7 Å². The van der Waals surface area contributed by atoms with E-state index in [0.29, 0.717) is 11.1 Å². The molecule has 19 nitrogen and oxygen atoms in total. The zero-order chi connectivity index (χ0) is 39.0. The van der Waals surface area contributed by atoms with Crippen molar-refractivity contribution in [1.29, 1.82) is 0 Å². The van der Waals surface area contributed by atoms with Crippen molar-refractivity contribution < 1.29 is 93.1 Å². The van der Waals surface area contributed by atoms with Gasteiger partial charge in [0, 0.05) is 12.2 Å². The highest BCUT2D eigenvalue weighted by atomic mass is 16.7. The average molecular weight is 755 g/mol. The van der Waals surface area contributed by atoms with Crippen LogP contribution in [0.5, 0.6) is 34.5 Å². The predicted octanol–water partition coefficient (Wildman–Crippen LogP) is -1.42. The lowest BCUT2D eigenvalue weighted by molar-refractivity contribution is -0.327. The third-order valence-corrected chi connectivity index (χ3v) is 8.23. The van der Waals surface area contributed by atoms with Crippen LogP contribution in [0.2, 0.25) is 0 Å². The Morgan fingerprint density at radius 3 is 1.51 bits per heavy atom. The van der Waals surface area contributed by atoms with E-state index >= 15 is 0 Å². The van der Waals surface area contributed by atoms with E-state index in [4.69, 9.17) is 42.6 Å². The Bertz CT molecular complexity index is 1570. The van der Waals surface area contributed by atoms with Gasteiger partial charge in [0.05, 0.1) is 41.7 Å². The van der Waals surface area contributed by atoms with E-state index in [-0.39, 0.29) is 34.5 Å². The minimum atomic E-state index is -1.99.